The Kier molecular flexibility index (Phi) is 3.59. The summed E-state index contributed by atoms with van der Waals surface area (Å²) in [6, 6.07) is 12.2. The lowest BCUT2D eigenvalue weighted by atomic mass is 9.95. The molecule has 0 spiro atoms. The predicted octanol–water partition coefficient (Wildman–Crippen LogP) is 2.05. The number of aromatic nitrogens is 2. The molecule has 3 heteroatoms. The Bertz CT molecular complexity index is 476. The van der Waals surface area contributed by atoms with Crippen LogP contribution in [0.3, 0.4) is 0 Å². The van der Waals surface area contributed by atoms with Crippen molar-refractivity contribution < 1.29 is 5.11 Å². The van der Waals surface area contributed by atoms with Gasteiger partial charge in [-0.3, -0.25) is 4.68 Å². The standard InChI is InChI=1S/C14H18N2O/c1-11-8-14(16(2)15-11)9-13(10-17)12-6-4-3-5-7-12/h3-8,13,17H,9-10H2,1-2H3. The summed E-state index contributed by atoms with van der Waals surface area (Å²) in [5.41, 5.74) is 3.35. The smallest absolute Gasteiger partial charge is 0.0596 e. The summed E-state index contributed by atoms with van der Waals surface area (Å²) in [6.45, 7) is 2.15. The minimum Gasteiger partial charge on any atom is -0.396 e. The zero-order valence-electron chi connectivity index (χ0n) is 10.3. The van der Waals surface area contributed by atoms with Crippen LogP contribution in [0.2, 0.25) is 0 Å². The van der Waals surface area contributed by atoms with E-state index in [-0.39, 0.29) is 12.5 Å². The first kappa shape index (κ1) is 11.9. The fourth-order valence-corrected chi connectivity index (χ4v) is 2.12. The Morgan fingerprint density at radius 1 is 1.29 bits per heavy atom. The van der Waals surface area contributed by atoms with Gasteiger partial charge in [0.05, 0.1) is 12.3 Å². The Hall–Kier alpha value is -1.61. The number of nitrogens with zero attached hydrogens (tertiary/aromatic N) is 2. The molecule has 1 atom stereocenters. The van der Waals surface area contributed by atoms with Gasteiger partial charge in [-0.15, -0.1) is 0 Å². The van der Waals surface area contributed by atoms with Crippen molar-refractivity contribution in [2.24, 2.45) is 7.05 Å². The highest BCUT2D eigenvalue weighted by molar-refractivity contribution is 5.22. The lowest BCUT2D eigenvalue weighted by Gasteiger charge is -2.14. The number of aryl methyl sites for hydroxylation is 2. The van der Waals surface area contributed by atoms with Gasteiger partial charge >= 0.3 is 0 Å². The average Bonchev–Trinajstić information content (AvgIpc) is 2.66. The first-order valence-corrected chi connectivity index (χ1v) is 5.86. The lowest BCUT2D eigenvalue weighted by Crippen LogP contribution is -2.10. The van der Waals surface area contributed by atoms with Crippen molar-refractivity contribution in [3.63, 3.8) is 0 Å². The molecule has 0 aliphatic carbocycles. The van der Waals surface area contributed by atoms with E-state index in [0.29, 0.717) is 0 Å². The van der Waals surface area contributed by atoms with E-state index in [1.807, 2.05) is 36.9 Å². The molecule has 17 heavy (non-hydrogen) atoms. The summed E-state index contributed by atoms with van der Waals surface area (Å²) in [4.78, 5) is 0. The normalized spacial score (nSPS) is 12.6. The highest BCUT2D eigenvalue weighted by atomic mass is 16.3. The maximum atomic E-state index is 9.51. The Morgan fingerprint density at radius 3 is 2.53 bits per heavy atom. The summed E-state index contributed by atoms with van der Waals surface area (Å²) in [7, 11) is 1.95. The Labute approximate surface area is 102 Å². The van der Waals surface area contributed by atoms with E-state index >= 15 is 0 Å². The maximum Gasteiger partial charge on any atom is 0.0596 e. The van der Waals surface area contributed by atoms with Crippen LogP contribution in [0.1, 0.15) is 22.9 Å². The van der Waals surface area contributed by atoms with Crippen LogP contribution in [0.5, 0.6) is 0 Å². The van der Waals surface area contributed by atoms with Crippen molar-refractivity contribution in [1.82, 2.24) is 9.78 Å². The fourth-order valence-electron chi connectivity index (χ4n) is 2.12. The second-order valence-corrected chi connectivity index (χ2v) is 4.39. The average molecular weight is 230 g/mol. The largest absolute Gasteiger partial charge is 0.396 e. The van der Waals surface area contributed by atoms with Crippen LogP contribution in [0.4, 0.5) is 0 Å². The van der Waals surface area contributed by atoms with Crippen LogP contribution < -0.4 is 0 Å². The van der Waals surface area contributed by atoms with Gasteiger partial charge in [0, 0.05) is 18.7 Å². The van der Waals surface area contributed by atoms with E-state index in [9.17, 15) is 5.11 Å². The molecule has 0 saturated heterocycles. The predicted molar refractivity (Wildman–Crippen MR) is 67.9 cm³/mol. The topological polar surface area (TPSA) is 38.0 Å². The minimum atomic E-state index is 0.144. The summed E-state index contributed by atoms with van der Waals surface area (Å²) in [5.74, 6) is 0.144. The summed E-state index contributed by atoms with van der Waals surface area (Å²) >= 11 is 0. The van der Waals surface area contributed by atoms with Crippen LogP contribution >= 0.6 is 0 Å². The third-order valence-electron chi connectivity index (χ3n) is 3.05. The van der Waals surface area contributed by atoms with Gasteiger partial charge in [0.2, 0.25) is 0 Å². The van der Waals surface area contributed by atoms with Gasteiger partial charge in [-0.1, -0.05) is 30.3 Å². The van der Waals surface area contributed by atoms with Crippen molar-refractivity contribution in [1.29, 1.82) is 0 Å². The van der Waals surface area contributed by atoms with Gasteiger partial charge in [-0.2, -0.15) is 5.10 Å². The van der Waals surface area contributed by atoms with E-state index < -0.39 is 0 Å². The first-order valence-electron chi connectivity index (χ1n) is 5.86. The maximum absolute atomic E-state index is 9.51. The third kappa shape index (κ3) is 2.74. The number of hydrogen-bond donors (Lipinski definition) is 1. The van der Waals surface area contributed by atoms with Crippen molar-refractivity contribution >= 4 is 0 Å². The van der Waals surface area contributed by atoms with Gasteiger partial charge < -0.3 is 5.11 Å². The molecule has 0 radical (unpaired) electrons. The van der Waals surface area contributed by atoms with E-state index in [1.165, 1.54) is 5.56 Å². The molecule has 0 saturated carbocycles. The van der Waals surface area contributed by atoms with Crippen LogP contribution in [-0.2, 0) is 13.5 Å². The SMILES string of the molecule is Cc1cc(CC(CO)c2ccccc2)n(C)n1. The van der Waals surface area contributed by atoms with Crippen LogP contribution in [-0.4, -0.2) is 21.5 Å². The third-order valence-corrected chi connectivity index (χ3v) is 3.05. The summed E-state index contributed by atoms with van der Waals surface area (Å²) in [6.07, 6.45) is 0.817. The molecule has 90 valence electrons. The van der Waals surface area contributed by atoms with E-state index in [2.05, 4.69) is 23.3 Å². The van der Waals surface area contributed by atoms with Gasteiger partial charge in [0.25, 0.3) is 0 Å². The zero-order valence-corrected chi connectivity index (χ0v) is 10.3. The molecule has 1 unspecified atom stereocenters. The number of hydrogen-bond acceptors (Lipinski definition) is 2. The van der Waals surface area contributed by atoms with Crippen LogP contribution in [0.15, 0.2) is 36.4 Å². The van der Waals surface area contributed by atoms with Crippen molar-refractivity contribution in [3.05, 3.63) is 53.3 Å². The molecule has 1 aromatic carbocycles. The molecular formula is C14H18N2O. The van der Waals surface area contributed by atoms with Crippen molar-refractivity contribution in [3.8, 4) is 0 Å². The molecule has 0 bridgehead atoms. The Morgan fingerprint density at radius 2 is 2.00 bits per heavy atom. The first-order chi connectivity index (χ1) is 8.20. The molecule has 1 aromatic heterocycles. The van der Waals surface area contributed by atoms with Gasteiger partial charge in [0.15, 0.2) is 0 Å². The second-order valence-electron chi connectivity index (χ2n) is 4.39. The monoisotopic (exact) mass is 230 g/mol. The highest BCUT2D eigenvalue weighted by Gasteiger charge is 2.13. The molecule has 0 amide bonds. The molecule has 1 N–H and O–H groups in total. The fraction of sp³-hybridized carbons (Fsp3) is 0.357. The van der Waals surface area contributed by atoms with E-state index in [0.717, 1.165) is 17.8 Å². The van der Waals surface area contributed by atoms with Crippen molar-refractivity contribution in [2.75, 3.05) is 6.61 Å². The molecule has 0 aliphatic rings. The molecular weight excluding hydrogens is 212 g/mol. The van der Waals surface area contributed by atoms with Gasteiger partial charge in [-0.05, 0) is 25.0 Å². The lowest BCUT2D eigenvalue weighted by molar-refractivity contribution is 0.263. The molecule has 3 nitrogen and oxygen atoms in total. The second kappa shape index (κ2) is 5.15. The molecule has 2 rings (SSSR count). The Balaban J connectivity index is 2.18. The zero-order chi connectivity index (χ0) is 12.3. The van der Waals surface area contributed by atoms with Gasteiger partial charge in [0.1, 0.15) is 0 Å². The molecule has 2 aromatic rings. The molecule has 0 aliphatic heterocycles. The van der Waals surface area contributed by atoms with Crippen LogP contribution in [0.25, 0.3) is 0 Å². The highest BCUT2D eigenvalue weighted by Crippen LogP contribution is 2.20. The molecule has 0 fully saturated rings. The molecule has 1 heterocycles. The van der Waals surface area contributed by atoms with Crippen LogP contribution in [0, 0.1) is 6.92 Å². The number of aliphatic hydroxyl groups is 1. The van der Waals surface area contributed by atoms with Gasteiger partial charge in [-0.25, -0.2) is 0 Å². The van der Waals surface area contributed by atoms with E-state index in [4.69, 9.17) is 0 Å². The summed E-state index contributed by atoms with van der Waals surface area (Å²) in [5, 5.41) is 13.8. The minimum absolute atomic E-state index is 0.144. The number of benzene rings is 1. The number of aliphatic hydroxyl groups excluding tert-OH is 1. The number of rotatable bonds is 4. The summed E-state index contributed by atoms with van der Waals surface area (Å²) < 4.78 is 1.89. The van der Waals surface area contributed by atoms with E-state index in [1.54, 1.807) is 0 Å². The quantitative estimate of drug-likeness (QED) is 0.873. The van der Waals surface area contributed by atoms with Crippen molar-refractivity contribution in [2.45, 2.75) is 19.3 Å².